The van der Waals surface area contributed by atoms with Crippen molar-refractivity contribution < 1.29 is 4.79 Å². The van der Waals surface area contributed by atoms with E-state index in [0.717, 1.165) is 28.0 Å². The predicted molar refractivity (Wildman–Crippen MR) is 121 cm³/mol. The van der Waals surface area contributed by atoms with Crippen molar-refractivity contribution in [2.75, 3.05) is 0 Å². The minimum absolute atomic E-state index is 0.138. The molecule has 4 heterocycles. The minimum Gasteiger partial charge on any atom is -0.344 e. The highest BCUT2D eigenvalue weighted by Gasteiger charge is 2.21. The second-order valence-electron chi connectivity index (χ2n) is 7.75. The van der Waals surface area contributed by atoms with E-state index in [1.54, 1.807) is 23.7 Å². The molecular weight excluding hydrogens is 394 g/mol. The highest BCUT2D eigenvalue weighted by molar-refractivity contribution is 7.12. The third-order valence-electron chi connectivity index (χ3n) is 5.10. The van der Waals surface area contributed by atoms with Crippen LogP contribution in [0, 0.1) is 13.8 Å². The zero-order valence-electron chi connectivity index (χ0n) is 17.8. The maximum Gasteiger partial charge on any atom is 0.252 e. The molecular formula is C23H25N5OS. The third-order valence-corrected chi connectivity index (χ3v) is 6.06. The summed E-state index contributed by atoms with van der Waals surface area (Å²) in [5.74, 6) is -0.158. The molecule has 0 aliphatic carbocycles. The predicted octanol–water partition coefficient (Wildman–Crippen LogP) is 5.24. The van der Waals surface area contributed by atoms with Crippen molar-refractivity contribution in [1.29, 1.82) is 0 Å². The van der Waals surface area contributed by atoms with E-state index in [1.807, 2.05) is 35.9 Å². The van der Waals surface area contributed by atoms with Crippen LogP contribution in [0.25, 0.3) is 22.3 Å². The number of pyridine rings is 2. The van der Waals surface area contributed by atoms with Crippen molar-refractivity contribution >= 4 is 28.3 Å². The highest BCUT2D eigenvalue weighted by atomic mass is 32.1. The number of thiophene rings is 1. The Morgan fingerprint density at radius 3 is 2.60 bits per heavy atom. The molecule has 0 aromatic carbocycles. The number of aromatic nitrogens is 4. The Labute approximate surface area is 180 Å². The molecule has 1 N–H and O–H groups in total. The van der Waals surface area contributed by atoms with Gasteiger partial charge in [-0.1, -0.05) is 6.07 Å². The Kier molecular flexibility index (Phi) is 5.39. The Morgan fingerprint density at radius 2 is 1.97 bits per heavy atom. The summed E-state index contributed by atoms with van der Waals surface area (Å²) in [6.07, 6.45) is 3.47. The first-order valence-corrected chi connectivity index (χ1v) is 10.8. The fraction of sp³-hybridized carbons (Fsp3) is 0.304. The second kappa shape index (κ2) is 7.99. The SMILES string of the molecule is Cc1cc(-c2cc(C(=O)NC(C)c3ccccn3)c3cnn(C(C)C)c3n2)c(C)s1. The molecule has 4 rings (SSSR count). The molecule has 0 saturated heterocycles. The van der Waals surface area contributed by atoms with Crippen LogP contribution in [-0.2, 0) is 0 Å². The fourth-order valence-corrected chi connectivity index (χ4v) is 4.52. The van der Waals surface area contributed by atoms with E-state index in [2.05, 4.69) is 49.2 Å². The zero-order chi connectivity index (χ0) is 21.4. The molecule has 30 heavy (non-hydrogen) atoms. The van der Waals surface area contributed by atoms with Gasteiger partial charge in [0.15, 0.2) is 5.65 Å². The Morgan fingerprint density at radius 1 is 1.17 bits per heavy atom. The van der Waals surface area contributed by atoms with Crippen LogP contribution in [0.5, 0.6) is 0 Å². The molecule has 0 saturated carbocycles. The molecule has 6 nitrogen and oxygen atoms in total. The average molecular weight is 420 g/mol. The number of nitrogens with one attached hydrogen (secondary N) is 1. The van der Waals surface area contributed by atoms with Gasteiger partial charge in [0.25, 0.3) is 5.91 Å². The van der Waals surface area contributed by atoms with Crippen LogP contribution in [0.4, 0.5) is 0 Å². The van der Waals surface area contributed by atoms with Crippen LogP contribution in [0.15, 0.2) is 42.7 Å². The van der Waals surface area contributed by atoms with Crippen molar-refractivity contribution in [1.82, 2.24) is 25.1 Å². The lowest BCUT2D eigenvalue weighted by atomic mass is 10.1. The Balaban J connectivity index is 1.81. The van der Waals surface area contributed by atoms with E-state index in [9.17, 15) is 4.79 Å². The smallest absolute Gasteiger partial charge is 0.252 e. The monoisotopic (exact) mass is 419 g/mol. The van der Waals surface area contributed by atoms with Gasteiger partial charge in [-0.15, -0.1) is 11.3 Å². The summed E-state index contributed by atoms with van der Waals surface area (Å²) in [6, 6.07) is 9.62. The zero-order valence-corrected chi connectivity index (χ0v) is 18.6. The van der Waals surface area contributed by atoms with E-state index in [1.165, 1.54) is 9.75 Å². The number of carbonyl (C=O) groups excluding carboxylic acids is 1. The lowest BCUT2D eigenvalue weighted by Gasteiger charge is -2.15. The lowest BCUT2D eigenvalue weighted by Crippen LogP contribution is -2.27. The van der Waals surface area contributed by atoms with Crippen molar-refractivity contribution in [3.63, 3.8) is 0 Å². The van der Waals surface area contributed by atoms with Crippen LogP contribution in [-0.4, -0.2) is 25.7 Å². The first-order valence-electron chi connectivity index (χ1n) is 10.0. The Bertz CT molecular complexity index is 1210. The maximum absolute atomic E-state index is 13.3. The maximum atomic E-state index is 13.3. The topological polar surface area (TPSA) is 72.7 Å². The largest absolute Gasteiger partial charge is 0.344 e. The first kappa shape index (κ1) is 20.2. The third kappa shape index (κ3) is 3.73. The van der Waals surface area contributed by atoms with Crippen LogP contribution >= 0.6 is 11.3 Å². The molecule has 154 valence electrons. The van der Waals surface area contributed by atoms with Gasteiger partial charge in [0, 0.05) is 27.6 Å². The standard InChI is InChI=1S/C23H25N5OS/c1-13(2)28-22-19(12-25-28)18(11-21(27-22)17-10-14(3)30-16(17)5)23(29)26-15(4)20-8-6-7-9-24-20/h6-13,15H,1-5H3,(H,26,29). The van der Waals surface area contributed by atoms with Crippen molar-refractivity contribution in [2.45, 2.75) is 46.7 Å². The summed E-state index contributed by atoms with van der Waals surface area (Å²) in [6.45, 7) is 10.2. The van der Waals surface area contributed by atoms with Crippen LogP contribution in [0.2, 0.25) is 0 Å². The highest BCUT2D eigenvalue weighted by Crippen LogP contribution is 2.32. The molecule has 0 aliphatic heterocycles. The van der Waals surface area contributed by atoms with Crippen molar-refractivity contribution in [3.05, 3.63) is 63.7 Å². The van der Waals surface area contributed by atoms with Gasteiger partial charge in [0.1, 0.15) is 0 Å². The molecule has 0 radical (unpaired) electrons. The summed E-state index contributed by atoms with van der Waals surface area (Å²) in [7, 11) is 0. The molecule has 1 atom stereocenters. The summed E-state index contributed by atoms with van der Waals surface area (Å²) in [5, 5.41) is 8.33. The molecule has 0 bridgehead atoms. The molecule has 1 amide bonds. The van der Waals surface area contributed by atoms with Gasteiger partial charge in [-0.2, -0.15) is 5.10 Å². The molecule has 1 unspecified atom stereocenters. The number of hydrogen-bond donors (Lipinski definition) is 1. The van der Waals surface area contributed by atoms with Gasteiger partial charge < -0.3 is 5.32 Å². The van der Waals surface area contributed by atoms with Crippen LogP contribution in [0.1, 0.15) is 58.7 Å². The van der Waals surface area contributed by atoms with E-state index in [4.69, 9.17) is 4.98 Å². The first-order chi connectivity index (χ1) is 14.3. The lowest BCUT2D eigenvalue weighted by molar-refractivity contribution is 0.0940. The average Bonchev–Trinajstić information content (AvgIpc) is 3.30. The second-order valence-corrected chi connectivity index (χ2v) is 9.21. The summed E-state index contributed by atoms with van der Waals surface area (Å²) in [4.78, 5) is 24.9. The molecule has 0 fully saturated rings. The number of amides is 1. The number of fused-ring (bicyclic) bond motifs is 1. The van der Waals surface area contributed by atoms with Crippen molar-refractivity contribution in [2.24, 2.45) is 0 Å². The minimum atomic E-state index is -0.212. The van der Waals surface area contributed by atoms with Gasteiger partial charge in [-0.3, -0.25) is 9.78 Å². The quantitative estimate of drug-likeness (QED) is 0.480. The number of nitrogens with zero attached hydrogens (tertiary/aromatic N) is 4. The molecule has 4 aromatic rings. The number of aryl methyl sites for hydroxylation is 2. The molecule has 4 aromatic heterocycles. The number of carbonyl (C=O) groups is 1. The van der Waals surface area contributed by atoms with Crippen LogP contribution < -0.4 is 5.32 Å². The Hall–Kier alpha value is -3.06. The summed E-state index contributed by atoms with van der Waals surface area (Å²) >= 11 is 1.73. The number of hydrogen-bond acceptors (Lipinski definition) is 5. The summed E-state index contributed by atoms with van der Waals surface area (Å²) < 4.78 is 1.87. The number of rotatable bonds is 5. The normalized spacial score (nSPS) is 12.5. The molecule has 7 heteroatoms. The van der Waals surface area contributed by atoms with E-state index in [-0.39, 0.29) is 18.0 Å². The van der Waals surface area contributed by atoms with Gasteiger partial charge in [-0.25, -0.2) is 9.67 Å². The van der Waals surface area contributed by atoms with Crippen molar-refractivity contribution in [3.8, 4) is 11.3 Å². The van der Waals surface area contributed by atoms with Crippen LogP contribution in [0.3, 0.4) is 0 Å². The fourth-order valence-electron chi connectivity index (χ4n) is 3.59. The van der Waals surface area contributed by atoms with Gasteiger partial charge in [0.2, 0.25) is 0 Å². The summed E-state index contributed by atoms with van der Waals surface area (Å²) in [5.41, 5.74) is 3.97. The molecule has 0 spiro atoms. The van der Waals surface area contributed by atoms with Gasteiger partial charge >= 0.3 is 0 Å². The van der Waals surface area contributed by atoms with Gasteiger partial charge in [0.05, 0.1) is 34.6 Å². The van der Waals surface area contributed by atoms with E-state index in [0.29, 0.717) is 5.56 Å². The van der Waals surface area contributed by atoms with Gasteiger partial charge in [-0.05, 0) is 58.9 Å². The van der Waals surface area contributed by atoms with E-state index >= 15 is 0 Å². The van der Waals surface area contributed by atoms with E-state index < -0.39 is 0 Å². The molecule has 0 aliphatic rings.